The fraction of sp³-hybridized carbons (Fsp3) is 0.174. The molecule has 3 heterocycles. The van der Waals surface area contributed by atoms with Gasteiger partial charge in [0.25, 0.3) is 11.8 Å². The fourth-order valence-electron chi connectivity index (χ4n) is 3.30. The topological polar surface area (TPSA) is 111 Å². The van der Waals surface area contributed by atoms with Gasteiger partial charge in [-0.05, 0) is 30.5 Å². The molecule has 6 nitrogen and oxygen atoms in total. The highest BCUT2D eigenvalue weighted by Crippen LogP contribution is 2.38. The SMILES string of the molecule is Cc1ccc(-c2csc(NC(=O)c3sc4nc(C(C)C)ccc4c3N)c2C(N)=O)cc1. The van der Waals surface area contributed by atoms with Crippen molar-refractivity contribution in [1.29, 1.82) is 0 Å². The molecule has 0 spiro atoms. The second-order valence-corrected chi connectivity index (χ2v) is 9.51. The van der Waals surface area contributed by atoms with Gasteiger partial charge in [0, 0.05) is 22.0 Å². The largest absolute Gasteiger partial charge is 0.397 e. The number of aromatic nitrogens is 1. The van der Waals surface area contributed by atoms with Crippen LogP contribution in [-0.4, -0.2) is 16.8 Å². The Hall–Kier alpha value is -3.23. The van der Waals surface area contributed by atoms with E-state index in [9.17, 15) is 9.59 Å². The quantitative estimate of drug-likeness (QED) is 0.378. The molecule has 4 rings (SSSR count). The number of thiophene rings is 2. The molecule has 4 aromatic rings. The third-order valence-electron chi connectivity index (χ3n) is 5.04. The first-order valence-corrected chi connectivity index (χ1v) is 11.4. The molecule has 3 aromatic heterocycles. The van der Waals surface area contributed by atoms with E-state index >= 15 is 0 Å². The highest BCUT2D eigenvalue weighted by atomic mass is 32.1. The maximum absolute atomic E-state index is 13.0. The molecule has 0 saturated heterocycles. The number of hydrogen-bond acceptors (Lipinski definition) is 6. The average Bonchev–Trinajstić information content (AvgIpc) is 3.29. The Morgan fingerprint density at radius 1 is 1.10 bits per heavy atom. The molecule has 158 valence electrons. The van der Waals surface area contributed by atoms with Crippen molar-refractivity contribution in [3.05, 3.63) is 63.5 Å². The number of aryl methyl sites for hydroxylation is 1. The van der Waals surface area contributed by atoms with E-state index in [0.717, 1.165) is 27.0 Å². The van der Waals surface area contributed by atoms with Gasteiger partial charge in [-0.3, -0.25) is 9.59 Å². The molecule has 1 aromatic carbocycles. The van der Waals surface area contributed by atoms with E-state index in [-0.39, 0.29) is 11.8 Å². The molecule has 2 amide bonds. The minimum atomic E-state index is -0.598. The normalized spacial score (nSPS) is 11.2. The Labute approximate surface area is 187 Å². The van der Waals surface area contributed by atoms with E-state index in [4.69, 9.17) is 11.5 Å². The van der Waals surface area contributed by atoms with Crippen LogP contribution in [0.4, 0.5) is 10.7 Å². The van der Waals surface area contributed by atoms with Crippen LogP contribution in [-0.2, 0) is 0 Å². The molecule has 0 aliphatic rings. The average molecular weight is 451 g/mol. The van der Waals surface area contributed by atoms with E-state index in [2.05, 4.69) is 24.1 Å². The number of nitrogens with zero attached hydrogens (tertiary/aromatic N) is 1. The van der Waals surface area contributed by atoms with Crippen LogP contribution in [0.3, 0.4) is 0 Å². The zero-order valence-corrected chi connectivity index (χ0v) is 19.0. The number of nitrogen functional groups attached to an aromatic ring is 1. The van der Waals surface area contributed by atoms with E-state index in [1.54, 1.807) is 0 Å². The number of amides is 2. The van der Waals surface area contributed by atoms with Crippen molar-refractivity contribution in [1.82, 2.24) is 4.98 Å². The van der Waals surface area contributed by atoms with Gasteiger partial charge in [0.1, 0.15) is 14.7 Å². The number of rotatable bonds is 5. The van der Waals surface area contributed by atoms with Gasteiger partial charge < -0.3 is 16.8 Å². The third kappa shape index (κ3) is 3.92. The monoisotopic (exact) mass is 450 g/mol. The summed E-state index contributed by atoms with van der Waals surface area (Å²) < 4.78 is 0. The number of fused-ring (bicyclic) bond motifs is 1. The summed E-state index contributed by atoms with van der Waals surface area (Å²) in [6, 6.07) is 11.6. The minimum Gasteiger partial charge on any atom is -0.397 e. The van der Waals surface area contributed by atoms with Gasteiger partial charge in [-0.25, -0.2) is 4.98 Å². The summed E-state index contributed by atoms with van der Waals surface area (Å²) in [6.45, 7) is 6.12. The predicted octanol–water partition coefficient (Wildman–Crippen LogP) is 5.39. The number of pyridine rings is 1. The maximum atomic E-state index is 13.0. The molecular weight excluding hydrogens is 428 g/mol. The molecule has 0 aliphatic carbocycles. The zero-order chi connectivity index (χ0) is 22.3. The van der Waals surface area contributed by atoms with Crippen LogP contribution in [0.5, 0.6) is 0 Å². The smallest absolute Gasteiger partial charge is 0.268 e. The zero-order valence-electron chi connectivity index (χ0n) is 17.4. The first-order valence-electron chi connectivity index (χ1n) is 9.74. The fourth-order valence-corrected chi connectivity index (χ4v) is 5.27. The maximum Gasteiger partial charge on any atom is 0.268 e. The van der Waals surface area contributed by atoms with Crippen LogP contribution in [0.1, 0.15) is 51.1 Å². The van der Waals surface area contributed by atoms with Gasteiger partial charge >= 0.3 is 0 Å². The molecular formula is C23H22N4O2S2. The van der Waals surface area contributed by atoms with Gasteiger partial charge in [-0.2, -0.15) is 0 Å². The van der Waals surface area contributed by atoms with Gasteiger partial charge in [0.15, 0.2) is 0 Å². The molecule has 5 N–H and O–H groups in total. The van der Waals surface area contributed by atoms with Crippen LogP contribution in [0, 0.1) is 6.92 Å². The number of nitrogens with two attached hydrogens (primary N) is 2. The first kappa shape index (κ1) is 21.0. The van der Waals surface area contributed by atoms with Crippen LogP contribution >= 0.6 is 22.7 Å². The van der Waals surface area contributed by atoms with Crippen molar-refractivity contribution in [2.24, 2.45) is 5.73 Å². The number of hydrogen-bond donors (Lipinski definition) is 3. The minimum absolute atomic E-state index is 0.273. The lowest BCUT2D eigenvalue weighted by Gasteiger charge is -2.06. The molecule has 0 aliphatic heterocycles. The Bertz CT molecular complexity index is 1300. The lowest BCUT2D eigenvalue weighted by Crippen LogP contribution is -2.17. The van der Waals surface area contributed by atoms with Crippen molar-refractivity contribution < 1.29 is 9.59 Å². The predicted molar refractivity (Wildman–Crippen MR) is 129 cm³/mol. The number of primary amides is 1. The molecule has 8 heteroatoms. The summed E-state index contributed by atoms with van der Waals surface area (Å²) in [4.78, 5) is 31.0. The molecule has 0 bridgehead atoms. The number of carbonyl (C=O) groups excluding carboxylic acids is 2. The number of carbonyl (C=O) groups is 2. The van der Waals surface area contributed by atoms with E-state index in [1.165, 1.54) is 22.7 Å². The summed E-state index contributed by atoms with van der Waals surface area (Å²) in [5.74, 6) is -0.708. The van der Waals surface area contributed by atoms with Crippen LogP contribution in [0.25, 0.3) is 21.3 Å². The molecule has 0 radical (unpaired) electrons. The van der Waals surface area contributed by atoms with Gasteiger partial charge in [0.2, 0.25) is 0 Å². The molecule has 0 atom stereocenters. The van der Waals surface area contributed by atoms with Crippen LogP contribution in [0.15, 0.2) is 41.8 Å². The van der Waals surface area contributed by atoms with Gasteiger partial charge in [0.05, 0.1) is 11.3 Å². The van der Waals surface area contributed by atoms with E-state index in [0.29, 0.717) is 26.7 Å². The van der Waals surface area contributed by atoms with Crippen molar-refractivity contribution in [3.63, 3.8) is 0 Å². The first-order chi connectivity index (χ1) is 14.8. The summed E-state index contributed by atoms with van der Waals surface area (Å²) in [5.41, 5.74) is 16.2. The standard InChI is InChI=1S/C23H22N4O2S2/c1-11(2)16-9-8-14-18(24)19(31-22(14)26-16)21(29)27-23-17(20(25)28)15(10-30-23)13-6-4-12(3)5-7-13/h4-11H,24H2,1-3H3,(H2,25,28)(H,27,29). The van der Waals surface area contributed by atoms with Crippen molar-refractivity contribution >= 4 is 55.4 Å². The molecule has 31 heavy (non-hydrogen) atoms. The van der Waals surface area contributed by atoms with Crippen LogP contribution < -0.4 is 16.8 Å². The third-order valence-corrected chi connectivity index (χ3v) is 7.05. The Morgan fingerprint density at radius 3 is 2.45 bits per heavy atom. The number of nitrogens with one attached hydrogen (secondary N) is 1. The number of anilines is 2. The highest BCUT2D eigenvalue weighted by Gasteiger charge is 2.23. The molecule has 0 unspecified atom stereocenters. The summed E-state index contributed by atoms with van der Waals surface area (Å²) in [6.07, 6.45) is 0. The van der Waals surface area contributed by atoms with Crippen molar-refractivity contribution in [2.45, 2.75) is 26.7 Å². The lowest BCUT2D eigenvalue weighted by molar-refractivity contribution is 0.100. The van der Waals surface area contributed by atoms with Crippen molar-refractivity contribution in [2.75, 3.05) is 11.1 Å². The Kier molecular flexibility index (Phi) is 5.51. The summed E-state index contributed by atoms with van der Waals surface area (Å²) >= 11 is 2.50. The number of benzene rings is 1. The van der Waals surface area contributed by atoms with E-state index in [1.807, 2.05) is 48.7 Å². The van der Waals surface area contributed by atoms with Crippen LogP contribution in [0.2, 0.25) is 0 Å². The molecule has 0 saturated carbocycles. The Balaban J connectivity index is 1.70. The molecule has 0 fully saturated rings. The van der Waals surface area contributed by atoms with Gasteiger partial charge in [-0.15, -0.1) is 22.7 Å². The van der Waals surface area contributed by atoms with E-state index < -0.39 is 5.91 Å². The summed E-state index contributed by atoms with van der Waals surface area (Å²) in [5, 5.41) is 5.81. The second-order valence-electron chi connectivity index (χ2n) is 7.63. The Morgan fingerprint density at radius 2 is 1.81 bits per heavy atom. The summed E-state index contributed by atoms with van der Waals surface area (Å²) in [7, 11) is 0. The second kappa shape index (κ2) is 8.13. The van der Waals surface area contributed by atoms with Gasteiger partial charge in [-0.1, -0.05) is 43.7 Å². The highest BCUT2D eigenvalue weighted by molar-refractivity contribution is 7.21. The lowest BCUT2D eigenvalue weighted by atomic mass is 10.0. The van der Waals surface area contributed by atoms with Crippen molar-refractivity contribution in [3.8, 4) is 11.1 Å².